The zero-order chi connectivity index (χ0) is 28.5. The molecule has 0 aliphatic carbocycles. The van der Waals surface area contributed by atoms with E-state index in [9.17, 15) is 0 Å². The van der Waals surface area contributed by atoms with Gasteiger partial charge in [0.15, 0.2) is 0 Å². The quantitative estimate of drug-likeness (QED) is 0.188. The second-order valence-corrected chi connectivity index (χ2v) is 12.0. The largest absolute Gasteiger partial charge is 0.309 e. The molecular weight excluding hydrogens is 588 g/mol. The lowest BCUT2D eigenvalue weighted by Crippen LogP contribution is -1.94. The van der Waals surface area contributed by atoms with Crippen LogP contribution < -0.4 is 0 Å². The molecule has 0 atom stereocenters. The Labute approximate surface area is 257 Å². The van der Waals surface area contributed by atoms with Gasteiger partial charge in [0.05, 0.1) is 22.1 Å². The molecule has 43 heavy (non-hydrogen) atoms. The number of nitrogens with zero attached hydrogens (tertiary/aromatic N) is 2. The average Bonchev–Trinajstić information content (AvgIpc) is 3.56. The highest BCUT2D eigenvalue weighted by Crippen LogP contribution is 2.41. The lowest BCUT2D eigenvalue weighted by atomic mass is 9.97. The van der Waals surface area contributed by atoms with Crippen LogP contribution in [0.2, 0.25) is 0 Å². The molecule has 0 unspecified atom stereocenters. The molecular formula is C40H25BrN2. The molecule has 0 aliphatic rings. The van der Waals surface area contributed by atoms with Gasteiger partial charge in [-0.25, -0.2) is 0 Å². The highest BCUT2D eigenvalue weighted by molar-refractivity contribution is 9.10. The molecule has 0 fully saturated rings. The second-order valence-electron chi connectivity index (χ2n) is 11.1. The maximum absolute atomic E-state index is 3.76. The van der Waals surface area contributed by atoms with Crippen LogP contribution in [0, 0.1) is 0 Å². The lowest BCUT2D eigenvalue weighted by Gasteiger charge is -2.10. The van der Waals surface area contributed by atoms with E-state index < -0.39 is 0 Å². The van der Waals surface area contributed by atoms with Gasteiger partial charge in [0, 0.05) is 37.4 Å². The van der Waals surface area contributed by atoms with E-state index in [1.54, 1.807) is 0 Å². The minimum atomic E-state index is 1.12. The van der Waals surface area contributed by atoms with Crippen LogP contribution in [0.3, 0.4) is 0 Å². The topological polar surface area (TPSA) is 9.86 Å². The maximum atomic E-state index is 3.76. The lowest BCUT2D eigenvalue weighted by molar-refractivity contribution is 1.17. The first kappa shape index (κ1) is 24.5. The molecule has 9 rings (SSSR count). The van der Waals surface area contributed by atoms with Gasteiger partial charge in [-0.2, -0.15) is 0 Å². The molecule has 2 aromatic heterocycles. The summed E-state index contributed by atoms with van der Waals surface area (Å²) in [6.45, 7) is 0. The fourth-order valence-corrected chi connectivity index (χ4v) is 7.35. The minimum Gasteiger partial charge on any atom is -0.309 e. The van der Waals surface area contributed by atoms with Crippen molar-refractivity contribution in [1.29, 1.82) is 0 Å². The first-order chi connectivity index (χ1) is 21.3. The summed E-state index contributed by atoms with van der Waals surface area (Å²) in [4.78, 5) is 0. The Hall–Kier alpha value is -5.12. The molecule has 0 saturated heterocycles. The number of hydrogen-bond acceptors (Lipinski definition) is 0. The molecule has 0 aliphatic heterocycles. The van der Waals surface area contributed by atoms with Crippen LogP contribution in [0.5, 0.6) is 0 Å². The Morgan fingerprint density at radius 1 is 0.349 bits per heavy atom. The van der Waals surface area contributed by atoms with Crippen LogP contribution in [0.15, 0.2) is 156 Å². The predicted molar refractivity (Wildman–Crippen MR) is 186 cm³/mol. The smallest absolute Gasteiger partial charge is 0.0548 e. The fraction of sp³-hybridized carbons (Fsp3) is 0. The van der Waals surface area contributed by atoms with E-state index in [0.29, 0.717) is 0 Å². The summed E-state index contributed by atoms with van der Waals surface area (Å²) >= 11 is 3.76. The van der Waals surface area contributed by atoms with Crippen molar-refractivity contribution < 1.29 is 0 Å². The first-order valence-corrected chi connectivity index (χ1v) is 15.4. The monoisotopic (exact) mass is 612 g/mol. The third-order valence-electron chi connectivity index (χ3n) is 8.77. The van der Waals surface area contributed by atoms with Crippen molar-refractivity contribution in [3.63, 3.8) is 0 Å². The zero-order valence-corrected chi connectivity index (χ0v) is 24.8. The van der Waals surface area contributed by atoms with Crippen LogP contribution in [0.25, 0.3) is 76.9 Å². The van der Waals surface area contributed by atoms with Gasteiger partial charge in [-0.05, 0) is 82.6 Å². The molecule has 2 heterocycles. The number of hydrogen-bond donors (Lipinski definition) is 0. The predicted octanol–water partition coefficient (Wildman–Crippen LogP) is 11.5. The highest BCUT2D eigenvalue weighted by atomic mass is 79.9. The standard InChI is InChI=1S/C40H25BrN2/c41-36-21-20-29(30-15-7-8-16-31(30)36)26-19-22-38-33(23-26)35-25-39-34(24-40(35)43(38)28-13-5-2-6-14-28)32-17-9-10-18-37(32)42(39)27-11-3-1-4-12-27/h1-25H. The van der Waals surface area contributed by atoms with Gasteiger partial charge in [0.25, 0.3) is 0 Å². The number of benzene rings is 7. The van der Waals surface area contributed by atoms with E-state index in [2.05, 4.69) is 177 Å². The summed E-state index contributed by atoms with van der Waals surface area (Å²) in [7, 11) is 0. The molecule has 0 amide bonds. The summed E-state index contributed by atoms with van der Waals surface area (Å²) in [5.74, 6) is 0. The summed E-state index contributed by atoms with van der Waals surface area (Å²) in [6.07, 6.45) is 0. The third kappa shape index (κ3) is 3.65. The van der Waals surface area contributed by atoms with Crippen LogP contribution >= 0.6 is 15.9 Å². The molecule has 7 aromatic carbocycles. The molecule has 0 N–H and O–H groups in total. The first-order valence-electron chi connectivity index (χ1n) is 14.6. The Morgan fingerprint density at radius 2 is 0.860 bits per heavy atom. The molecule has 9 aromatic rings. The van der Waals surface area contributed by atoms with E-state index in [1.165, 1.54) is 71.2 Å². The summed E-state index contributed by atoms with van der Waals surface area (Å²) in [6, 6.07) is 54.9. The van der Waals surface area contributed by atoms with Crippen LogP contribution in [0.4, 0.5) is 0 Å². The van der Waals surface area contributed by atoms with Gasteiger partial charge in [-0.1, -0.05) is 107 Å². The van der Waals surface area contributed by atoms with Crippen molar-refractivity contribution in [1.82, 2.24) is 9.13 Å². The van der Waals surface area contributed by atoms with Crippen LogP contribution in [-0.4, -0.2) is 9.13 Å². The number of fused-ring (bicyclic) bond motifs is 7. The van der Waals surface area contributed by atoms with E-state index in [1.807, 2.05) is 0 Å². The number of rotatable bonds is 3. The van der Waals surface area contributed by atoms with Crippen molar-refractivity contribution in [3.8, 4) is 22.5 Å². The summed E-state index contributed by atoms with van der Waals surface area (Å²) in [5, 5.41) is 7.47. The second kappa shape index (κ2) is 9.45. The SMILES string of the molecule is Brc1ccc(-c2ccc3c(c2)c2cc4c(cc2n3-c2ccccc2)c2ccccc2n4-c2ccccc2)c2ccccc12. The van der Waals surface area contributed by atoms with Crippen molar-refractivity contribution in [2.45, 2.75) is 0 Å². The Kier molecular flexibility index (Phi) is 5.38. The average molecular weight is 614 g/mol. The van der Waals surface area contributed by atoms with E-state index in [4.69, 9.17) is 0 Å². The van der Waals surface area contributed by atoms with Gasteiger partial charge in [0.2, 0.25) is 0 Å². The summed E-state index contributed by atoms with van der Waals surface area (Å²) in [5.41, 5.74) is 9.63. The van der Waals surface area contributed by atoms with E-state index in [-0.39, 0.29) is 0 Å². The molecule has 0 bridgehead atoms. The number of halogens is 1. The zero-order valence-electron chi connectivity index (χ0n) is 23.2. The van der Waals surface area contributed by atoms with Crippen molar-refractivity contribution >= 4 is 70.3 Å². The van der Waals surface area contributed by atoms with Gasteiger partial charge in [0.1, 0.15) is 0 Å². The van der Waals surface area contributed by atoms with Crippen molar-refractivity contribution in [2.75, 3.05) is 0 Å². The minimum absolute atomic E-state index is 1.12. The van der Waals surface area contributed by atoms with E-state index >= 15 is 0 Å². The molecule has 202 valence electrons. The van der Waals surface area contributed by atoms with E-state index in [0.717, 1.165) is 10.2 Å². The van der Waals surface area contributed by atoms with Crippen LogP contribution in [0.1, 0.15) is 0 Å². The van der Waals surface area contributed by atoms with Gasteiger partial charge in [-0.3, -0.25) is 0 Å². The van der Waals surface area contributed by atoms with Crippen molar-refractivity contribution in [3.05, 3.63) is 156 Å². The third-order valence-corrected chi connectivity index (χ3v) is 9.46. The molecule has 2 nitrogen and oxygen atoms in total. The Morgan fingerprint density at radius 3 is 1.53 bits per heavy atom. The Bertz CT molecular complexity index is 2500. The van der Waals surface area contributed by atoms with Gasteiger partial charge < -0.3 is 9.13 Å². The molecule has 0 spiro atoms. The van der Waals surface area contributed by atoms with Gasteiger partial charge >= 0.3 is 0 Å². The molecule has 0 radical (unpaired) electrons. The molecule has 3 heteroatoms. The van der Waals surface area contributed by atoms with Crippen molar-refractivity contribution in [2.24, 2.45) is 0 Å². The van der Waals surface area contributed by atoms with Crippen LogP contribution in [-0.2, 0) is 0 Å². The number of para-hydroxylation sites is 3. The maximum Gasteiger partial charge on any atom is 0.0548 e. The summed E-state index contributed by atoms with van der Waals surface area (Å²) < 4.78 is 5.94. The fourth-order valence-electron chi connectivity index (χ4n) is 6.87. The Balaban J connectivity index is 1.43. The number of aromatic nitrogens is 2. The normalized spacial score (nSPS) is 11.8. The highest BCUT2D eigenvalue weighted by Gasteiger charge is 2.19. The van der Waals surface area contributed by atoms with Gasteiger partial charge in [-0.15, -0.1) is 0 Å². The molecule has 0 saturated carbocycles.